The van der Waals surface area contributed by atoms with Crippen LogP contribution in [0.4, 0.5) is 0 Å². The van der Waals surface area contributed by atoms with E-state index in [4.69, 9.17) is 9.72 Å². The minimum Gasteiger partial charge on any atom is -0.466 e. The smallest absolute Gasteiger partial charge is 0.309 e. The number of rotatable bonds is 3. The Morgan fingerprint density at radius 2 is 1.96 bits per heavy atom. The Kier molecular flexibility index (Phi) is 8.48. The van der Waals surface area contributed by atoms with Gasteiger partial charge in [0.2, 0.25) is 0 Å². The molecule has 1 aliphatic heterocycles. The number of esters is 1. The number of carbonyl (C=O) groups excluding carboxylic acids is 1. The number of carbonyl (C=O) groups is 1. The molecule has 0 aromatic carbocycles. The third kappa shape index (κ3) is 4.83. The standard InChI is InChI=1S/C14H18NO2P.C4H8.C2H6/c1-4-17-14(16)11-6-10(11)13-9(3)18-7-8(2)5-12(18)15-13;1-3-4-2;1-2/h5,10-11H,4,6-7H2,1-3H3;3-4H,1-2H3;1-2H3/b;4-3-;. The summed E-state index contributed by atoms with van der Waals surface area (Å²) in [7, 11) is -0.187. The fourth-order valence-corrected chi connectivity index (χ4v) is 5.19. The highest BCUT2D eigenvalue weighted by Gasteiger charge is 2.47. The number of nitrogens with zero attached hydrogens (tertiary/aromatic N) is 1. The molecule has 0 spiro atoms. The number of allylic oxidation sites excluding steroid dienone is 3. The molecular weight excluding hydrogens is 317 g/mol. The largest absolute Gasteiger partial charge is 0.466 e. The van der Waals surface area contributed by atoms with Crippen molar-refractivity contribution in [2.75, 3.05) is 6.61 Å². The van der Waals surface area contributed by atoms with Gasteiger partial charge < -0.3 is 4.74 Å². The molecule has 2 heterocycles. The van der Waals surface area contributed by atoms with Crippen LogP contribution in [-0.4, -0.2) is 17.6 Å². The molecule has 24 heavy (non-hydrogen) atoms. The molecule has 3 nitrogen and oxygen atoms in total. The van der Waals surface area contributed by atoms with E-state index in [2.05, 4.69) is 19.9 Å². The van der Waals surface area contributed by atoms with Gasteiger partial charge in [-0.3, -0.25) is 4.79 Å². The molecule has 4 heteroatoms. The van der Waals surface area contributed by atoms with E-state index in [1.807, 2.05) is 46.8 Å². The van der Waals surface area contributed by atoms with Gasteiger partial charge in [-0.25, -0.2) is 4.98 Å². The van der Waals surface area contributed by atoms with Crippen molar-refractivity contribution in [2.24, 2.45) is 5.92 Å². The molecule has 1 aromatic heterocycles. The summed E-state index contributed by atoms with van der Waals surface area (Å²) < 4.78 is 5.09. The first-order valence-electron chi connectivity index (χ1n) is 9.01. The van der Waals surface area contributed by atoms with Crippen LogP contribution in [0.5, 0.6) is 0 Å². The van der Waals surface area contributed by atoms with Gasteiger partial charge in [-0.1, -0.05) is 39.1 Å². The lowest BCUT2D eigenvalue weighted by molar-refractivity contribution is -0.144. The van der Waals surface area contributed by atoms with Crippen LogP contribution in [0.3, 0.4) is 0 Å². The van der Waals surface area contributed by atoms with Crippen molar-refractivity contribution in [1.29, 1.82) is 0 Å². The van der Waals surface area contributed by atoms with Gasteiger partial charge in [0.05, 0.1) is 23.6 Å². The second-order valence-corrected chi connectivity index (χ2v) is 8.19. The lowest BCUT2D eigenvalue weighted by Crippen LogP contribution is -2.07. The zero-order chi connectivity index (χ0) is 18.3. The Morgan fingerprint density at radius 1 is 1.33 bits per heavy atom. The van der Waals surface area contributed by atoms with Crippen LogP contribution in [0.15, 0.2) is 17.7 Å². The molecular formula is C20H32NO2P. The highest BCUT2D eigenvalue weighted by molar-refractivity contribution is 7.51. The number of hydrogen-bond donors (Lipinski definition) is 0. The predicted octanol–water partition coefficient (Wildman–Crippen LogP) is 6.07. The van der Waals surface area contributed by atoms with Crippen molar-refractivity contribution >= 4 is 19.6 Å². The van der Waals surface area contributed by atoms with Crippen molar-refractivity contribution < 1.29 is 9.53 Å². The van der Waals surface area contributed by atoms with Crippen LogP contribution < -0.4 is 0 Å². The number of aromatic nitrogens is 1. The van der Waals surface area contributed by atoms with Crippen LogP contribution >= 0.6 is 7.53 Å². The van der Waals surface area contributed by atoms with Crippen molar-refractivity contribution in [3.05, 3.63) is 34.1 Å². The molecule has 0 N–H and O–H groups in total. The number of fused-ring (bicyclic) bond motifs is 1. The molecule has 1 fully saturated rings. The first-order valence-corrected chi connectivity index (χ1v) is 10.5. The van der Waals surface area contributed by atoms with Gasteiger partial charge in [-0.05, 0) is 52.4 Å². The highest BCUT2D eigenvalue weighted by Crippen LogP contribution is 2.55. The first kappa shape index (κ1) is 20.7. The van der Waals surface area contributed by atoms with E-state index in [1.54, 1.807) is 0 Å². The fourth-order valence-electron chi connectivity index (χ4n) is 2.76. The van der Waals surface area contributed by atoms with E-state index in [9.17, 15) is 4.79 Å². The monoisotopic (exact) mass is 349 g/mol. The van der Waals surface area contributed by atoms with Crippen LogP contribution in [0.1, 0.15) is 70.3 Å². The summed E-state index contributed by atoms with van der Waals surface area (Å²) >= 11 is 0. The zero-order valence-corrected chi connectivity index (χ0v) is 17.1. The van der Waals surface area contributed by atoms with Crippen LogP contribution in [0, 0.1) is 12.8 Å². The summed E-state index contributed by atoms with van der Waals surface area (Å²) in [5.74, 6) is 0.359. The zero-order valence-electron chi connectivity index (χ0n) is 16.2. The molecule has 1 aromatic rings. The molecule has 1 aliphatic carbocycles. The van der Waals surface area contributed by atoms with E-state index < -0.39 is 0 Å². The first-order chi connectivity index (χ1) is 11.5. The summed E-state index contributed by atoms with van der Waals surface area (Å²) in [6.07, 6.45) is 8.32. The summed E-state index contributed by atoms with van der Waals surface area (Å²) in [6, 6.07) is 0. The quantitative estimate of drug-likeness (QED) is 0.491. The Bertz CT molecular complexity index is 609. The minimum atomic E-state index is -0.187. The molecule has 3 unspecified atom stereocenters. The molecule has 1 saturated carbocycles. The molecule has 2 aliphatic rings. The second kappa shape index (κ2) is 9.84. The van der Waals surface area contributed by atoms with Gasteiger partial charge in [0.15, 0.2) is 0 Å². The molecule has 0 bridgehead atoms. The Balaban J connectivity index is 0.000000423. The van der Waals surface area contributed by atoms with Crippen LogP contribution in [0.25, 0.3) is 6.08 Å². The minimum absolute atomic E-state index is 0.0421. The predicted molar refractivity (Wildman–Crippen MR) is 105 cm³/mol. The van der Waals surface area contributed by atoms with E-state index in [0.29, 0.717) is 12.5 Å². The maximum absolute atomic E-state index is 11.7. The van der Waals surface area contributed by atoms with Gasteiger partial charge >= 0.3 is 5.97 Å². The normalized spacial score (nSPS) is 21.1. The SMILES string of the molecule is C/C=C\C.CC.CCOC(=O)C1CC1c1nc2p(c1C)CC(C)=C2. The van der Waals surface area contributed by atoms with E-state index >= 15 is 0 Å². The maximum Gasteiger partial charge on any atom is 0.309 e. The lowest BCUT2D eigenvalue weighted by Gasteiger charge is -2.01. The van der Waals surface area contributed by atoms with Gasteiger partial charge in [0.1, 0.15) is 0 Å². The van der Waals surface area contributed by atoms with Gasteiger partial charge in [-0.15, -0.1) is 0 Å². The topological polar surface area (TPSA) is 39.2 Å². The molecule has 0 amide bonds. The van der Waals surface area contributed by atoms with E-state index in [0.717, 1.165) is 6.42 Å². The van der Waals surface area contributed by atoms with Gasteiger partial charge in [-0.2, -0.15) is 0 Å². The molecule has 134 valence electrons. The average Bonchev–Trinajstić information content (AvgIpc) is 3.22. The number of ether oxygens (including phenoxy) is 1. The Hall–Kier alpha value is -1.34. The Morgan fingerprint density at radius 3 is 2.46 bits per heavy atom. The van der Waals surface area contributed by atoms with Crippen molar-refractivity contribution in [3.63, 3.8) is 0 Å². The Labute approximate surface area is 148 Å². The van der Waals surface area contributed by atoms with Gasteiger partial charge in [0, 0.05) is 12.1 Å². The summed E-state index contributed by atoms with van der Waals surface area (Å²) in [5.41, 5.74) is 3.90. The average molecular weight is 349 g/mol. The fraction of sp³-hybridized carbons (Fsp3) is 0.600. The second-order valence-electron chi connectivity index (χ2n) is 5.88. The summed E-state index contributed by atoms with van der Waals surface area (Å²) in [4.78, 5) is 16.5. The van der Waals surface area contributed by atoms with E-state index in [-0.39, 0.29) is 19.4 Å². The molecule has 3 atom stereocenters. The highest BCUT2D eigenvalue weighted by atomic mass is 31.1. The van der Waals surface area contributed by atoms with Gasteiger partial charge in [0.25, 0.3) is 0 Å². The van der Waals surface area contributed by atoms with Crippen molar-refractivity contribution in [3.8, 4) is 0 Å². The van der Waals surface area contributed by atoms with Crippen LogP contribution in [-0.2, 0) is 15.7 Å². The third-order valence-electron chi connectivity index (χ3n) is 4.13. The van der Waals surface area contributed by atoms with E-state index in [1.165, 1.54) is 28.1 Å². The van der Waals surface area contributed by atoms with Crippen LogP contribution in [0.2, 0.25) is 0 Å². The molecule has 0 radical (unpaired) electrons. The number of hydrogen-bond acceptors (Lipinski definition) is 3. The molecule has 3 rings (SSSR count). The summed E-state index contributed by atoms with van der Waals surface area (Å²) in [6.45, 7) is 14.7. The maximum atomic E-state index is 11.7. The van der Waals surface area contributed by atoms with Crippen molar-refractivity contribution in [2.45, 2.75) is 67.0 Å². The third-order valence-corrected chi connectivity index (χ3v) is 6.77. The summed E-state index contributed by atoms with van der Waals surface area (Å²) in [5, 5.41) is 1.44. The lowest BCUT2D eigenvalue weighted by atomic mass is 10.2. The molecule has 0 saturated heterocycles. The van der Waals surface area contributed by atoms with Crippen molar-refractivity contribution in [1.82, 2.24) is 4.98 Å².